The molecule has 9 nitrogen and oxygen atoms in total. The van der Waals surface area contributed by atoms with Crippen LogP contribution < -0.4 is 14.8 Å². The van der Waals surface area contributed by atoms with E-state index in [1.165, 1.54) is 23.4 Å². The number of nitrogens with one attached hydrogen (secondary N) is 1. The van der Waals surface area contributed by atoms with E-state index >= 15 is 0 Å². The molecule has 0 unspecified atom stereocenters. The fourth-order valence-electron chi connectivity index (χ4n) is 2.53. The number of carbonyl (C=O) groups excluding carboxylic acids is 2. The van der Waals surface area contributed by atoms with Crippen molar-refractivity contribution in [1.82, 2.24) is 20.2 Å². The van der Waals surface area contributed by atoms with Gasteiger partial charge in [-0.1, -0.05) is 23.9 Å². The van der Waals surface area contributed by atoms with Crippen LogP contribution in [0.4, 0.5) is 5.69 Å². The van der Waals surface area contributed by atoms with Gasteiger partial charge in [0.15, 0.2) is 5.78 Å². The fraction of sp³-hybridized carbons (Fsp3) is 0.211. The van der Waals surface area contributed by atoms with Crippen molar-refractivity contribution in [3.05, 3.63) is 48.0 Å². The molecule has 0 atom stereocenters. The molecular weight excluding hydrogens is 394 g/mol. The number of anilines is 1. The zero-order chi connectivity index (χ0) is 20.8. The summed E-state index contributed by atoms with van der Waals surface area (Å²) in [5.74, 6) is 0.947. The first-order chi connectivity index (χ1) is 14.0. The number of tetrazole rings is 1. The molecule has 1 heterocycles. The second-order valence-electron chi connectivity index (χ2n) is 5.88. The molecule has 3 rings (SSSR count). The van der Waals surface area contributed by atoms with Gasteiger partial charge in [0, 0.05) is 17.3 Å². The fourth-order valence-corrected chi connectivity index (χ4v) is 3.21. The summed E-state index contributed by atoms with van der Waals surface area (Å²) in [6.45, 7) is 1.48. The molecule has 150 valence electrons. The van der Waals surface area contributed by atoms with Crippen LogP contribution in [0.15, 0.2) is 47.6 Å². The van der Waals surface area contributed by atoms with Crippen LogP contribution in [0, 0.1) is 0 Å². The van der Waals surface area contributed by atoms with Crippen LogP contribution in [-0.2, 0) is 4.79 Å². The van der Waals surface area contributed by atoms with Gasteiger partial charge in [-0.3, -0.25) is 9.59 Å². The highest BCUT2D eigenvalue weighted by Crippen LogP contribution is 2.29. The van der Waals surface area contributed by atoms with Gasteiger partial charge < -0.3 is 14.8 Å². The van der Waals surface area contributed by atoms with Crippen LogP contribution in [-0.4, -0.2) is 51.9 Å². The summed E-state index contributed by atoms with van der Waals surface area (Å²) >= 11 is 1.17. The van der Waals surface area contributed by atoms with Crippen molar-refractivity contribution < 1.29 is 19.1 Å². The highest BCUT2D eigenvalue weighted by molar-refractivity contribution is 7.99. The summed E-state index contributed by atoms with van der Waals surface area (Å²) in [4.78, 5) is 23.8. The van der Waals surface area contributed by atoms with Gasteiger partial charge in [-0.05, 0) is 41.6 Å². The Morgan fingerprint density at radius 3 is 2.69 bits per heavy atom. The third kappa shape index (κ3) is 4.91. The number of carbonyl (C=O) groups is 2. The average molecular weight is 413 g/mol. The van der Waals surface area contributed by atoms with Gasteiger partial charge in [-0.15, -0.1) is 5.10 Å². The predicted octanol–water partition coefficient (Wildman–Crippen LogP) is 2.61. The van der Waals surface area contributed by atoms with Crippen LogP contribution >= 0.6 is 11.8 Å². The van der Waals surface area contributed by atoms with E-state index in [0.29, 0.717) is 33.6 Å². The van der Waals surface area contributed by atoms with Gasteiger partial charge in [-0.2, -0.15) is 4.68 Å². The lowest BCUT2D eigenvalue weighted by Gasteiger charge is -2.11. The standard InChI is InChI=1S/C19H19N5O4S/c1-12(25)13-5-4-6-14(9-13)20-18(26)11-29-19-21-22-23-24(19)16-10-15(27-2)7-8-17(16)28-3/h4-10H,11H2,1-3H3,(H,20,26). The summed E-state index contributed by atoms with van der Waals surface area (Å²) in [5, 5.41) is 14.9. The van der Waals surface area contributed by atoms with Crippen molar-refractivity contribution in [2.45, 2.75) is 12.1 Å². The Hall–Kier alpha value is -3.40. The number of benzene rings is 2. The Morgan fingerprint density at radius 1 is 1.14 bits per heavy atom. The average Bonchev–Trinajstić information content (AvgIpc) is 3.20. The topological polar surface area (TPSA) is 108 Å². The van der Waals surface area contributed by atoms with Crippen LogP contribution in [0.3, 0.4) is 0 Å². The second kappa shape index (κ2) is 9.20. The van der Waals surface area contributed by atoms with E-state index < -0.39 is 0 Å². The maximum atomic E-state index is 12.3. The Balaban J connectivity index is 1.72. The van der Waals surface area contributed by atoms with Crippen molar-refractivity contribution in [2.24, 2.45) is 0 Å². The molecular formula is C19H19N5O4S. The minimum atomic E-state index is -0.247. The number of ether oxygens (including phenoxy) is 2. The quantitative estimate of drug-likeness (QED) is 0.443. The zero-order valence-corrected chi connectivity index (χ0v) is 16.9. The third-order valence-electron chi connectivity index (χ3n) is 3.94. The second-order valence-corrected chi connectivity index (χ2v) is 6.83. The van der Waals surface area contributed by atoms with Gasteiger partial charge in [0.1, 0.15) is 17.2 Å². The van der Waals surface area contributed by atoms with Crippen LogP contribution in [0.2, 0.25) is 0 Å². The number of Topliss-reactive ketones (excluding diaryl/α,β-unsaturated/α-hetero) is 1. The van der Waals surface area contributed by atoms with Gasteiger partial charge in [0.25, 0.3) is 0 Å². The number of amides is 1. The summed E-state index contributed by atoms with van der Waals surface area (Å²) < 4.78 is 12.1. The molecule has 1 amide bonds. The number of thioether (sulfide) groups is 1. The largest absolute Gasteiger partial charge is 0.497 e. The van der Waals surface area contributed by atoms with E-state index in [1.54, 1.807) is 56.7 Å². The number of aromatic nitrogens is 4. The lowest BCUT2D eigenvalue weighted by atomic mass is 10.1. The summed E-state index contributed by atoms with van der Waals surface area (Å²) in [7, 11) is 3.11. The SMILES string of the molecule is COc1ccc(OC)c(-n2nnnc2SCC(=O)Nc2cccc(C(C)=O)c2)c1. The smallest absolute Gasteiger partial charge is 0.234 e. The van der Waals surface area contributed by atoms with Crippen molar-refractivity contribution in [1.29, 1.82) is 0 Å². The molecule has 0 aliphatic rings. The van der Waals surface area contributed by atoms with Crippen LogP contribution in [0.1, 0.15) is 17.3 Å². The normalized spacial score (nSPS) is 10.4. The first-order valence-electron chi connectivity index (χ1n) is 8.56. The van der Waals surface area contributed by atoms with Gasteiger partial charge in [-0.25, -0.2) is 0 Å². The highest BCUT2D eigenvalue weighted by Gasteiger charge is 2.16. The first kappa shape index (κ1) is 20.3. The monoisotopic (exact) mass is 413 g/mol. The molecule has 0 bridgehead atoms. The number of methoxy groups -OCH3 is 2. The number of nitrogens with zero attached hydrogens (tertiary/aromatic N) is 4. The van der Waals surface area contributed by atoms with Crippen molar-refractivity contribution in [2.75, 3.05) is 25.3 Å². The molecule has 1 N–H and O–H groups in total. The molecule has 0 aliphatic carbocycles. The summed E-state index contributed by atoms with van der Waals surface area (Å²) in [5.41, 5.74) is 1.68. The molecule has 2 aromatic carbocycles. The maximum Gasteiger partial charge on any atom is 0.234 e. The van der Waals surface area contributed by atoms with Gasteiger partial charge in [0.2, 0.25) is 11.1 Å². The summed E-state index contributed by atoms with van der Waals surface area (Å²) in [6, 6.07) is 12.0. The van der Waals surface area contributed by atoms with E-state index in [9.17, 15) is 9.59 Å². The van der Waals surface area contributed by atoms with E-state index in [2.05, 4.69) is 20.8 Å². The Kier molecular flexibility index (Phi) is 6.45. The molecule has 29 heavy (non-hydrogen) atoms. The Bertz CT molecular complexity index is 1040. The molecule has 3 aromatic rings. The summed E-state index contributed by atoms with van der Waals surface area (Å²) in [6.07, 6.45) is 0. The number of ketones is 1. The van der Waals surface area contributed by atoms with Gasteiger partial charge >= 0.3 is 0 Å². The molecule has 0 spiro atoms. The number of rotatable bonds is 8. The lowest BCUT2D eigenvalue weighted by molar-refractivity contribution is -0.113. The predicted molar refractivity (Wildman–Crippen MR) is 108 cm³/mol. The van der Waals surface area contributed by atoms with Crippen molar-refractivity contribution in [3.8, 4) is 17.2 Å². The minimum absolute atomic E-state index is 0.0677. The lowest BCUT2D eigenvalue weighted by Crippen LogP contribution is -2.15. The zero-order valence-electron chi connectivity index (χ0n) is 16.1. The molecule has 10 heteroatoms. The van der Waals surface area contributed by atoms with E-state index in [-0.39, 0.29) is 17.4 Å². The van der Waals surface area contributed by atoms with E-state index in [4.69, 9.17) is 9.47 Å². The van der Waals surface area contributed by atoms with Crippen molar-refractivity contribution in [3.63, 3.8) is 0 Å². The Labute approximate surface area is 171 Å². The van der Waals surface area contributed by atoms with Gasteiger partial charge in [0.05, 0.1) is 20.0 Å². The third-order valence-corrected chi connectivity index (χ3v) is 4.86. The first-order valence-corrected chi connectivity index (χ1v) is 9.55. The maximum absolute atomic E-state index is 12.3. The van der Waals surface area contributed by atoms with Crippen molar-refractivity contribution >= 4 is 29.1 Å². The molecule has 0 radical (unpaired) electrons. The number of hydrogen-bond acceptors (Lipinski definition) is 8. The Morgan fingerprint density at radius 2 is 1.97 bits per heavy atom. The molecule has 0 saturated heterocycles. The molecule has 0 aliphatic heterocycles. The number of hydrogen-bond donors (Lipinski definition) is 1. The van der Waals surface area contributed by atoms with Crippen LogP contribution in [0.25, 0.3) is 5.69 Å². The molecule has 1 aromatic heterocycles. The minimum Gasteiger partial charge on any atom is -0.497 e. The van der Waals surface area contributed by atoms with E-state index in [0.717, 1.165) is 0 Å². The highest BCUT2D eigenvalue weighted by atomic mass is 32.2. The molecule has 0 saturated carbocycles. The van der Waals surface area contributed by atoms with Crippen LogP contribution in [0.5, 0.6) is 11.5 Å². The van der Waals surface area contributed by atoms with E-state index in [1.807, 2.05) is 0 Å². The molecule has 0 fully saturated rings.